The van der Waals surface area contributed by atoms with E-state index in [1.54, 1.807) is 0 Å². The molecular formula is C19H17N10NaO5S5. The third-order valence-electron chi connectivity index (χ3n) is 5.07. The minimum absolute atomic E-state index is 0. The molecule has 0 bridgehead atoms. The zero-order valence-corrected chi connectivity index (χ0v) is 26.7. The number of nitrogen functional groups attached to an aromatic ring is 1. The average Bonchev–Trinajstić information content (AvgIpc) is 3.55. The molecule has 6 N–H and O–H groups in total. The molecule has 0 aromatic carbocycles. The number of hydrogen-bond acceptors (Lipinski definition) is 17. The third kappa shape index (κ3) is 6.91. The molecule has 2 aliphatic rings. The number of anilines is 1. The number of nitrogens with two attached hydrogens (primary N) is 2. The van der Waals surface area contributed by atoms with Gasteiger partial charge < -0.3 is 31.5 Å². The number of amides is 2. The van der Waals surface area contributed by atoms with E-state index in [4.69, 9.17) is 27.0 Å². The second-order valence-corrected chi connectivity index (χ2v) is 13.0. The zero-order valence-electron chi connectivity index (χ0n) is 20.6. The molecule has 0 spiro atoms. The quantitative estimate of drug-likeness (QED) is 0.0453. The summed E-state index contributed by atoms with van der Waals surface area (Å²) in [7, 11) is 1.25. The number of oxime groups is 1. The molecule has 40 heavy (non-hydrogen) atoms. The zero-order chi connectivity index (χ0) is 28.3. The van der Waals surface area contributed by atoms with Crippen LogP contribution in [0.3, 0.4) is 0 Å². The largest absolute Gasteiger partial charge is 1.00 e. The van der Waals surface area contributed by atoms with E-state index in [2.05, 4.69) is 25.7 Å². The normalized spacial score (nSPS) is 19.1. The summed E-state index contributed by atoms with van der Waals surface area (Å²) in [6.45, 7) is 0. The van der Waals surface area contributed by atoms with Gasteiger partial charge in [0.1, 0.15) is 30.1 Å². The molecule has 204 valence electrons. The number of carbonyl (C=O) groups excluding carboxylic acids is 3. The van der Waals surface area contributed by atoms with Gasteiger partial charge in [-0.2, -0.15) is 5.26 Å². The van der Waals surface area contributed by atoms with E-state index in [0.29, 0.717) is 14.3 Å². The van der Waals surface area contributed by atoms with Gasteiger partial charge in [0, 0.05) is 16.9 Å². The van der Waals surface area contributed by atoms with Crippen molar-refractivity contribution in [1.82, 2.24) is 25.4 Å². The topological polar surface area (TPSA) is 249 Å². The van der Waals surface area contributed by atoms with Crippen molar-refractivity contribution in [1.29, 1.82) is 10.7 Å². The van der Waals surface area contributed by atoms with Gasteiger partial charge in [-0.25, -0.2) is 4.98 Å². The number of carbonyl (C=O) groups is 3. The van der Waals surface area contributed by atoms with Crippen LogP contribution in [-0.2, 0) is 19.2 Å². The number of nitrogens with zero attached hydrogens (tertiary/aromatic N) is 6. The van der Waals surface area contributed by atoms with Crippen LogP contribution in [0.1, 0.15) is 5.69 Å². The first kappa shape index (κ1) is 32.1. The number of β-lactam (4-membered cyclic amide) rings is 1. The van der Waals surface area contributed by atoms with Crippen LogP contribution in [0, 0.1) is 16.7 Å². The maximum atomic E-state index is 13.0. The minimum Gasteiger partial charge on any atom is -0.543 e. The number of nitrogens with one attached hydrogen (secondary N) is 2. The summed E-state index contributed by atoms with van der Waals surface area (Å²) in [5.74, 6) is -2.70. The van der Waals surface area contributed by atoms with Crippen LogP contribution >= 0.6 is 58.0 Å². The number of amidine groups is 1. The Morgan fingerprint density at radius 1 is 1.45 bits per heavy atom. The van der Waals surface area contributed by atoms with E-state index in [-0.39, 0.29) is 69.1 Å². The van der Waals surface area contributed by atoms with Crippen LogP contribution in [0.25, 0.3) is 0 Å². The first-order chi connectivity index (χ1) is 18.6. The number of aliphatic carboxylic acids is 1. The van der Waals surface area contributed by atoms with Crippen LogP contribution in [0.15, 0.2) is 30.5 Å². The SMILES string of the molecule is CO/N=C(\C(=O)N[C@@H]1C(=O)N2C(C(=O)[O-])=C(CSc3nnc(SC(C#N)C(=N)N)s3)CS[C@@H]12)c1csc(N)n1.[Na+]. The van der Waals surface area contributed by atoms with Crippen molar-refractivity contribution in [2.24, 2.45) is 10.9 Å². The van der Waals surface area contributed by atoms with Crippen LogP contribution in [0.2, 0.25) is 0 Å². The van der Waals surface area contributed by atoms with Gasteiger partial charge in [0.25, 0.3) is 11.8 Å². The Bertz CT molecular complexity index is 1440. The van der Waals surface area contributed by atoms with Gasteiger partial charge in [-0.05, 0) is 5.57 Å². The van der Waals surface area contributed by atoms with Gasteiger partial charge in [-0.1, -0.05) is 40.0 Å². The Labute approximate surface area is 269 Å². The van der Waals surface area contributed by atoms with Crippen molar-refractivity contribution in [3.63, 3.8) is 0 Å². The first-order valence-corrected chi connectivity index (χ1v) is 15.1. The Kier molecular flexibility index (Phi) is 11.2. The molecule has 2 aromatic rings. The molecule has 0 saturated carbocycles. The van der Waals surface area contributed by atoms with Crippen LogP contribution in [0.5, 0.6) is 0 Å². The molecular weight excluding hydrogens is 632 g/mol. The summed E-state index contributed by atoms with van der Waals surface area (Å²) >= 11 is 5.76. The van der Waals surface area contributed by atoms with Gasteiger partial charge in [0.2, 0.25) is 0 Å². The first-order valence-electron chi connectivity index (χ1n) is 10.5. The molecule has 2 aliphatic heterocycles. The number of fused-ring (bicyclic) bond motifs is 1. The number of aromatic nitrogens is 3. The predicted octanol–water partition coefficient (Wildman–Crippen LogP) is -3.95. The maximum absolute atomic E-state index is 13.0. The fraction of sp³-hybridized carbons (Fsp3) is 0.316. The minimum atomic E-state index is -1.51. The summed E-state index contributed by atoms with van der Waals surface area (Å²) in [5.41, 5.74) is 11.2. The Morgan fingerprint density at radius 3 is 2.77 bits per heavy atom. The predicted molar refractivity (Wildman–Crippen MR) is 145 cm³/mol. The molecule has 2 aromatic heterocycles. The smallest absolute Gasteiger partial charge is 0.543 e. The third-order valence-corrected chi connectivity index (χ3v) is 10.4. The summed E-state index contributed by atoms with van der Waals surface area (Å²) in [6.07, 6.45) is 0. The number of carboxylic acids is 1. The number of nitriles is 1. The molecule has 3 atom stereocenters. The molecule has 0 aliphatic carbocycles. The molecule has 2 amide bonds. The average molecular weight is 649 g/mol. The van der Waals surface area contributed by atoms with Crippen molar-refractivity contribution >= 4 is 92.4 Å². The van der Waals surface area contributed by atoms with Crippen molar-refractivity contribution in [2.75, 3.05) is 24.3 Å². The van der Waals surface area contributed by atoms with E-state index in [1.807, 2.05) is 6.07 Å². The van der Waals surface area contributed by atoms with E-state index < -0.39 is 34.4 Å². The summed E-state index contributed by atoms with van der Waals surface area (Å²) in [5, 5.41) is 43.0. The van der Waals surface area contributed by atoms with Gasteiger partial charge in [0.15, 0.2) is 24.8 Å². The molecule has 0 radical (unpaired) electrons. The van der Waals surface area contributed by atoms with E-state index in [9.17, 15) is 19.5 Å². The van der Waals surface area contributed by atoms with Crippen molar-refractivity contribution in [3.05, 3.63) is 22.3 Å². The molecule has 1 unspecified atom stereocenters. The molecule has 4 rings (SSSR count). The van der Waals surface area contributed by atoms with Gasteiger partial charge in [-0.15, -0.1) is 33.3 Å². The fourth-order valence-corrected chi connectivity index (χ4v) is 8.36. The standard InChI is InChI=1S/C19H18N10O5S5.Na/c1-34-28-9(7-5-36-17(23)24-7)13(30)25-10-14(31)29-11(16(32)33)6(3-35-15(10)29)4-37-18-26-27-19(39-18)38-8(2-20)12(21)22;/h5,8,10,15H,3-4H2,1H3,(H3,21,22)(H2,23,24)(H,25,30)(H,32,33);/q;+1/p-1/b28-9-;/t8?,10-,15+;/m1./s1. The molecule has 21 heteroatoms. The second kappa shape index (κ2) is 14.0. The van der Waals surface area contributed by atoms with Crippen LogP contribution in [-0.4, -0.2) is 84.7 Å². The maximum Gasteiger partial charge on any atom is 1.00 e. The van der Waals surface area contributed by atoms with Crippen molar-refractivity contribution in [3.8, 4) is 6.07 Å². The molecule has 1 saturated heterocycles. The van der Waals surface area contributed by atoms with E-state index in [0.717, 1.165) is 28.0 Å². The fourth-order valence-electron chi connectivity index (χ4n) is 3.40. The Balaban J connectivity index is 0.00000441. The molecule has 15 nitrogen and oxygen atoms in total. The van der Waals surface area contributed by atoms with Gasteiger partial charge >= 0.3 is 29.6 Å². The van der Waals surface area contributed by atoms with Crippen molar-refractivity contribution in [2.45, 2.75) is 25.3 Å². The van der Waals surface area contributed by atoms with Crippen molar-refractivity contribution < 1.29 is 53.9 Å². The Hall–Kier alpha value is -2.38. The van der Waals surface area contributed by atoms with Gasteiger partial charge in [-0.3, -0.25) is 19.9 Å². The van der Waals surface area contributed by atoms with Gasteiger partial charge in [0.05, 0.1) is 17.7 Å². The van der Waals surface area contributed by atoms with E-state index >= 15 is 0 Å². The Morgan fingerprint density at radius 2 is 2.17 bits per heavy atom. The molecule has 4 heterocycles. The number of thiazole rings is 1. The summed E-state index contributed by atoms with van der Waals surface area (Å²) in [6, 6.07) is 0.898. The molecule has 1 fully saturated rings. The number of thioether (sulfide) groups is 3. The van der Waals surface area contributed by atoms with Crippen LogP contribution in [0.4, 0.5) is 5.13 Å². The second-order valence-electron chi connectivity index (χ2n) is 7.50. The number of rotatable bonds is 11. The monoisotopic (exact) mass is 648 g/mol. The van der Waals surface area contributed by atoms with Crippen LogP contribution < -0.4 is 51.4 Å². The number of carboxylic acid groups (broad SMARTS) is 1. The summed E-state index contributed by atoms with van der Waals surface area (Å²) in [4.78, 5) is 47.7. The number of hydrogen-bond donors (Lipinski definition) is 4. The summed E-state index contributed by atoms with van der Waals surface area (Å²) < 4.78 is 0.933. The van der Waals surface area contributed by atoms with E-state index in [1.165, 1.54) is 47.4 Å².